The summed E-state index contributed by atoms with van der Waals surface area (Å²) in [7, 11) is 0. The number of nitrogens with two attached hydrogens (primary N) is 1. The van der Waals surface area contributed by atoms with Crippen LogP contribution in [0.15, 0.2) is 60.8 Å². The number of carboxylic acid groups (broad SMARTS) is 1. The quantitative estimate of drug-likeness (QED) is 0.155. The van der Waals surface area contributed by atoms with Crippen LogP contribution >= 0.6 is 0 Å². The normalized spacial score (nSPS) is 14.9. The Bertz CT molecular complexity index is 1310. The Hall–Kier alpha value is -4.22. The monoisotopic (exact) mass is 551 g/mol. The van der Waals surface area contributed by atoms with E-state index in [0.29, 0.717) is 6.42 Å². The molecule has 0 spiro atoms. The molecule has 0 aliphatic rings. The molecule has 0 radical (unpaired) electrons. The summed E-state index contributed by atoms with van der Waals surface area (Å²) in [5, 5.41) is 27.9. The number of amides is 3. The molecule has 3 rings (SSSR count). The molecule has 214 valence electrons. The van der Waals surface area contributed by atoms with Crippen molar-refractivity contribution >= 4 is 34.6 Å². The summed E-state index contributed by atoms with van der Waals surface area (Å²) in [6.45, 7) is 3.02. The van der Waals surface area contributed by atoms with Gasteiger partial charge in [0.05, 0.1) is 6.61 Å². The molecule has 0 bridgehead atoms. The second kappa shape index (κ2) is 14.2. The number of carbonyl (C=O) groups is 4. The van der Waals surface area contributed by atoms with Crippen molar-refractivity contribution in [2.75, 3.05) is 6.61 Å². The number of nitrogens with one attached hydrogen (secondary N) is 4. The van der Waals surface area contributed by atoms with E-state index in [2.05, 4.69) is 20.9 Å². The first kappa shape index (κ1) is 30.3. The summed E-state index contributed by atoms with van der Waals surface area (Å²) >= 11 is 0. The van der Waals surface area contributed by atoms with Gasteiger partial charge in [0, 0.05) is 29.9 Å². The lowest BCUT2D eigenvalue weighted by Crippen LogP contribution is -2.59. The van der Waals surface area contributed by atoms with Gasteiger partial charge in [-0.2, -0.15) is 0 Å². The van der Waals surface area contributed by atoms with Crippen LogP contribution in [0.3, 0.4) is 0 Å². The van der Waals surface area contributed by atoms with E-state index in [9.17, 15) is 29.4 Å². The van der Waals surface area contributed by atoms with Crippen molar-refractivity contribution in [2.24, 2.45) is 11.7 Å². The highest BCUT2D eigenvalue weighted by Crippen LogP contribution is 2.19. The lowest BCUT2D eigenvalue weighted by molar-refractivity contribution is -0.142. The van der Waals surface area contributed by atoms with Gasteiger partial charge in [-0.15, -0.1) is 0 Å². The van der Waals surface area contributed by atoms with Crippen LogP contribution in [-0.4, -0.2) is 69.7 Å². The molecule has 5 unspecified atom stereocenters. The number of aromatic amines is 1. The maximum absolute atomic E-state index is 13.4. The van der Waals surface area contributed by atoms with Gasteiger partial charge in [0.15, 0.2) is 0 Å². The van der Waals surface area contributed by atoms with E-state index in [1.807, 2.05) is 37.3 Å². The van der Waals surface area contributed by atoms with Crippen LogP contribution in [0.2, 0.25) is 0 Å². The van der Waals surface area contributed by atoms with Gasteiger partial charge in [-0.3, -0.25) is 14.4 Å². The SMILES string of the molecule is CCC(C)C(NC(=O)C(Cc1ccccc1)NC(=O)C(N)CO)C(=O)NC(Cc1c[nH]c2ccccc12)C(=O)O. The number of fused-ring (bicyclic) bond motifs is 1. The van der Waals surface area contributed by atoms with Gasteiger partial charge in [-0.25, -0.2) is 4.79 Å². The number of hydrogen-bond donors (Lipinski definition) is 7. The first-order valence-electron chi connectivity index (χ1n) is 13.2. The summed E-state index contributed by atoms with van der Waals surface area (Å²) in [6, 6.07) is 11.8. The van der Waals surface area contributed by atoms with Crippen molar-refractivity contribution < 1.29 is 29.4 Å². The number of benzene rings is 2. The summed E-state index contributed by atoms with van der Waals surface area (Å²) in [6.07, 6.45) is 2.39. The number of aliphatic hydroxyl groups is 1. The Kier molecular flexibility index (Phi) is 10.8. The fourth-order valence-electron chi connectivity index (χ4n) is 4.36. The topological polar surface area (TPSA) is 187 Å². The predicted octanol–water partition coefficient (Wildman–Crippen LogP) is 0.858. The fourth-order valence-corrected chi connectivity index (χ4v) is 4.36. The molecule has 8 N–H and O–H groups in total. The summed E-state index contributed by atoms with van der Waals surface area (Å²) in [5.74, 6) is -3.55. The van der Waals surface area contributed by atoms with E-state index in [4.69, 9.17) is 5.73 Å². The molecule has 3 aromatic rings. The highest BCUT2D eigenvalue weighted by Gasteiger charge is 2.33. The van der Waals surface area contributed by atoms with Gasteiger partial charge in [0.2, 0.25) is 17.7 Å². The van der Waals surface area contributed by atoms with E-state index in [1.54, 1.807) is 37.4 Å². The van der Waals surface area contributed by atoms with Crippen LogP contribution in [0, 0.1) is 5.92 Å². The minimum Gasteiger partial charge on any atom is -0.480 e. The molecule has 5 atom stereocenters. The Labute approximate surface area is 232 Å². The molecule has 1 heterocycles. The highest BCUT2D eigenvalue weighted by atomic mass is 16.4. The third kappa shape index (κ3) is 7.90. The maximum atomic E-state index is 13.4. The van der Waals surface area contributed by atoms with Crippen molar-refractivity contribution in [3.63, 3.8) is 0 Å². The predicted molar refractivity (Wildman–Crippen MR) is 150 cm³/mol. The first-order chi connectivity index (χ1) is 19.1. The number of rotatable bonds is 14. The molecule has 3 amide bonds. The Balaban J connectivity index is 1.79. The lowest BCUT2D eigenvalue weighted by atomic mass is 9.96. The van der Waals surface area contributed by atoms with Crippen LogP contribution in [0.4, 0.5) is 0 Å². The van der Waals surface area contributed by atoms with Crippen molar-refractivity contribution in [2.45, 2.75) is 57.3 Å². The van der Waals surface area contributed by atoms with Crippen LogP contribution < -0.4 is 21.7 Å². The standard InChI is InChI=1S/C29H37N5O6/c1-3-17(2)25(28(38)33-24(29(39)40)14-19-15-31-22-12-8-7-11-20(19)22)34-27(37)23(32-26(36)21(30)16-35)13-18-9-5-4-6-10-18/h4-12,15,17,21,23-25,31,35H,3,13-14,16,30H2,1-2H3,(H,32,36)(H,33,38)(H,34,37)(H,39,40). The van der Waals surface area contributed by atoms with Crippen molar-refractivity contribution in [1.29, 1.82) is 0 Å². The summed E-state index contributed by atoms with van der Waals surface area (Å²) in [5.41, 5.74) is 7.98. The van der Waals surface area contributed by atoms with E-state index in [-0.39, 0.29) is 18.8 Å². The van der Waals surface area contributed by atoms with Gasteiger partial charge in [-0.05, 0) is 23.1 Å². The van der Waals surface area contributed by atoms with Gasteiger partial charge in [0.25, 0.3) is 0 Å². The number of aromatic nitrogens is 1. The van der Waals surface area contributed by atoms with Gasteiger partial charge >= 0.3 is 5.97 Å². The minimum absolute atomic E-state index is 0.0397. The number of carbonyl (C=O) groups excluding carboxylic acids is 3. The largest absolute Gasteiger partial charge is 0.480 e. The molecule has 11 heteroatoms. The van der Waals surface area contributed by atoms with E-state index in [0.717, 1.165) is 22.0 Å². The third-order valence-corrected chi connectivity index (χ3v) is 6.96. The molecule has 2 aromatic carbocycles. The number of aliphatic carboxylic acids is 1. The van der Waals surface area contributed by atoms with Crippen molar-refractivity contribution in [3.8, 4) is 0 Å². The maximum Gasteiger partial charge on any atom is 0.326 e. The molecule has 0 saturated carbocycles. The second-order valence-electron chi connectivity index (χ2n) is 9.87. The molecule has 11 nitrogen and oxygen atoms in total. The van der Waals surface area contributed by atoms with Crippen LogP contribution in [0.1, 0.15) is 31.4 Å². The Morgan fingerprint density at radius 1 is 0.875 bits per heavy atom. The van der Waals surface area contributed by atoms with E-state index in [1.165, 1.54) is 0 Å². The zero-order chi connectivity index (χ0) is 29.2. The lowest BCUT2D eigenvalue weighted by Gasteiger charge is -2.28. The number of aliphatic hydroxyl groups excluding tert-OH is 1. The Morgan fingerprint density at radius 2 is 1.52 bits per heavy atom. The number of carboxylic acids is 1. The summed E-state index contributed by atoms with van der Waals surface area (Å²) in [4.78, 5) is 54.5. The fraction of sp³-hybridized carbons (Fsp3) is 0.379. The zero-order valence-corrected chi connectivity index (χ0v) is 22.6. The van der Waals surface area contributed by atoms with Crippen molar-refractivity contribution in [1.82, 2.24) is 20.9 Å². The van der Waals surface area contributed by atoms with Crippen LogP contribution in [0.5, 0.6) is 0 Å². The molecule has 0 aliphatic carbocycles. The first-order valence-corrected chi connectivity index (χ1v) is 13.2. The van der Waals surface area contributed by atoms with Crippen LogP contribution in [0.25, 0.3) is 10.9 Å². The third-order valence-electron chi connectivity index (χ3n) is 6.96. The van der Waals surface area contributed by atoms with Gasteiger partial charge < -0.3 is 36.9 Å². The minimum atomic E-state index is -1.24. The Morgan fingerprint density at radius 3 is 2.17 bits per heavy atom. The molecule has 0 saturated heterocycles. The average molecular weight is 552 g/mol. The molecule has 40 heavy (non-hydrogen) atoms. The molecular formula is C29H37N5O6. The van der Waals surface area contributed by atoms with Crippen molar-refractivity contribution in [3.05, 3.63) is 71.9 Å². The zero-order valence-electron chi connectivity index (χ0n) is 22.6. The molecular weight excluding hydrogens is 514 g/mol. The summed E-state index contributed by atoms with van der Waals surface area (Å²) < 4.78 is 0. The van der Waals surface area contributed by atoms with Gasteiger partial charge in [-0.1, -0.05) is 68.8 Å². The molecule has 0 fully saturated rings. The van der Waals surface area contributed by atoms with E-state index >= 15 is 0 Å². The smallest absolute Gasteiger partial charge is 0.326 e. The number of H-pyrrole nitrogens is 1. The molecule has 1 aromatic heterocycles. The van der Waals surface area contributed by atoms with E-state index < -0.39 is 54.5 Å². The average Bonchev–Trinajstić information content (AvgIpc) is 3.37. The van der Waals surface area contributed by atoms with Crippen LogP contribution in [-0.2, 0) is 32.0 Å². The van der Waals surface area contributed by atoms with Gasteiger partial charge in [0.1, 0.15) is 24.2 Å². The second-order valence-corrected chi connectivity index (χ2v) is 9.87. The molecule has 0 aliphatic heterocycles. The number of para-hydroxylation sites is 1. The highest BCUT2D eigenvalue weighted by molar-refractivity contribution is 5.94. The number of hydrogen-bond acceptors (Lipinski definition) is 6.